The molecule has 0 N–H and O–H groups in total. The Morgan fingerprint density at radius 1 is 0.833 bits per heavy atom. The second kappa shape index (κ2) is 2.16. The fourth-order valence-electron chi connectivity index (χ4n) is 0. The van der Waals surface area contributed by atoms with Crippen molar-refractivity contribution in [1.82, 2.24) is 0 Å². The minimum Gasteiger partial charge on any atom is -2.00 e. The largest absolute Gasteiger partial charge is 2.00 e. The molecule has 0 fully saturated rings. The Bertz CT molecular complexity index is 23.0. The molecule has 0 aliphatic heterocycles. The molecule has 0 aromatic carbocycles. The van der Waals surface area contributed by atoms with Crippen LogP contribution in [0.1, 0.15) is 0 Å². The zero-order chi connectivity index (χ0) is 4.50. The third-order valence-electron chi connectivity index (χ3n) is 0. The summed E-state index contributed by atoms with van der Waals surface area (Å²) in [6, 6.07) is 0. The van der Waals surface area contributed by atoms with Gasteiger partial charge in [0.15, 0.2) is 0 Å². The van der Waals surface area contributed by atoms with Crippen LogP contribution >= 0.6 is 0 Å². The number of quaternary nitrogens is 1. The van der Waals surface area contributed by atoms with Crippen LogP contribution in [0.4, 0.5) is 0 Å². The molecule has 0 radical (unpaired) electrons. The molecule has 0 aliphatic carbocycles. The molecule has 40 valence electrons. The minimum atomic E-state index is 0. The first-order valence-electron chi connectivity index (χ1n) is 1.79. The lowest BCUT2D eigenvalue weighted by atomic mass is 10.8. The van der Waals surface area contributed by atoms with Crippen molar-refractivity contribution in [3.63, 3.8) is 0 Å². The summed E-state index contributed by atoms with van der Waals surface area (Å²) in [6.07, 6.45) is 0. The molecule has 0 bridgehead atoms. The van der Waals surface area contributed by atoms with Gasteiger partial charge in [-0.25, -0.2) is 0 Å². The van der Waals surface area contributed by atoms with Crippen LogP contribution in [-0.4, -0.2) is 32.7 Å². The van der Waals surface area contributed by atoms with E-state index in [0.29, 0.717) is 0 Å². The van der Waals surface area contributed by atoms with E-state index < -0.39 is 0 Å². The maximum absolute atomic E-state index is 2.12. The highest BCUT2D eigenvalue weighted by Crippen LogP contribution is 1.73. The van der Waals surface area contributed by atoms with Gasteiger partial charge in [-0.2, -0.15) is 0 Å². The van der Waals surface area contributed by atoms with Gasteiger partial charge in [-0.15, -0.1) is 0 Å². The van der Waals surface area contributed by atoms with Crippen molar-refractivity contribution in [3.05, 3.63) is 0 Å². The molecular weight excluding hydrogens is 78.0 g/mol. The first-order valence-corrected chi connectivity index (χ1v) is 1.79. The summed E-state index contributed by atoms with van der Waals surface area (Å²) in [4.78, 5) is 0. The molecule has 2 nitrogen and oxygen atoms in total. The molecule has 0 aliphatic rings. The van der Waals surface area contributed by atoms with Gasteiger partial charge in [-0.3, -0.25) is 0 Å². The normalized spacial score (nSPS) is 10.0. The molecule has 0 spiro atoms. The number of hydrogen-bond acceptors (Lipinski definition) is 0. The van der Waals surface area contributed by atoms with E-state index in [2.05, 4.69) is 28.2 Å². The molecule has 0 amide bonds. The van der Waals surface area contributed by atoms with Crippen molar-refractivity contribution in [2.75, 3.05) is 28.2 Å². The number of hydrogen-bond donors (Lipinski definition) is 0. The predicted octanol–water partition coefficient (Wildman–Crippen LogP) is 0.204. The van der Waals surface area contributed by atoms with Crippen LogP contribution < -0.4 is 0 Å². The van der Waals surface area contributed by atoms with Gasteiger partial charge in [0.05, 0.1) is 28.2 Å². The average Bonchev–Trinajstić information content (AvgIpc) is 0.722. The van der Waals surface area contributed by atoms with Gasteiger partial charge in [-0.1, -0.05) is 0 Å². The highest BCUT2D eigenvalue weighted by atomic mass is 16.0. The van der Waals surface area contributed by atoms with Crippen molar-refractivity contribution < 1.29 is 9.96 Å². The molecule has 0 rings (SSSR count). The zero-order valence-electron chi connectivity index (χ0n) is 4.86. The SMILES string of the molecule is C[N+](C)(C)C.[O-2]. The Morgan fingerprint density at radius 3 is 0.833 bits per heavy atom. The van der Waals surface area contributed by atoms with Crippen molar-refractivity contribution in [1.29, 1.82) is 0 Å². The smallest absolute Gasteiger partial charge is 0.0675 e. The summed E-state index contributed by atoms with van der Waals surface area (Å²) in [6.45, 7) is 0. The lowest BCUT2D eigenvalue weighted by Gasteiger charge is -2.14. The molecule has 0 aromatic rings. The van der Waals surface area contributed by atoms with Gasteiger partial charge in [0, 0.05) is 0 Å². The molecule has 0 heterocycles. The van der Waals surface area contributed by atoms with Gasteiger partial charge < -0.3 is 9.96 Å². The third-order valence-corrected chi connectivity index (χ3v) is 0. The maximum atomic E-state index is 2.12. The number of rotatable bonds is 0. The molecule has 0 aromatic heterocycles. The van der Waals surface area contributed by atoms with Crippen LogP contribution in [0.3, 0.4) is 0 Å². The zero-order valence-corrected chi connectivity index (χ0v) is 4.86. The van der Waals surface area contributed by atoms with Gasteiger partial charge >= 0.3 is 0 Å². The van der Waals surface area contributed by atoms with Crippen molar-refractivity contribution in [2.24, 2.45) is 0 Å². The van der Waals surface area contributed by atoms with Crippen LogP contribution in [0.25, 0.3) is 0 Å². The van der Waals surface area contributed by atoms with E-state index in [9.17, 15) is 0 Å². The summed E-state index contributed by atoms with van der Waals surface area (Å²) >= 11 is 0. The monoisotopic (exact) mass is 90.1 g/mol. The molecular formula is C4H12NO-. The molecule has 0 atom stereocenters. The molecule has 0 saturated carbocycles. The van der Waals surface area contributed by atoms with Crippen molar-refractivity contribution >= 4 is 0 Å². The first kappa shape index (κ1) is 9.33. The highest BCUT2D eigenvalue weighted by Gasteiger charge is 1.88. The summed E-state index contributed by atoms with van der Waals surface area (Å²) in [7, 11) is 8.50. The van der Waals surface area contributed by atoms with Crippen LogP contribution in [0, 0.1) is 0 Å². The fraction of sp³-hybridized carbons (Fsp3) is 1.00. The Balaban J connectivity index is 0. The standard InChI is InChI=1S/C4H12N.O/c1-5(2,3)4;/h1-4H3;/q+1;-2. The summed E-state index contributed by atoms with van der Waals surface area (Å²) in [5.74, 6) is 0. The maximum Gasteiger partial charge on any atom is 0.0675 e. The van der Waals surface area contributed by atoms with E-state index in [0.717, 1.165) is 4.48 Å². The second-order valence-corrected chi connectivity index (χ2v) is 2.68. The lowest BCUT2D eigenvalue weighted by Crippen LogP contribution is -2.27. The van der Waals surface area contributed by atoms with Crippen LogP contribution in [0.15, 0.2) is 0 Å². The van der Waals surface area contributed by atoms with E-state index in [1.807, 2.05) is 0 Å². The van der Waals surface area contributed by atoms with Gasteiger partial charge in [0.1, 0.15) is 0 Å². The average molecular weight is 90.1 g/mol. The van der Waals surface area contributed by atoms with E-state index >= 15 is 0 Å². The van der Waals surface area contributed by atoms with Gasteiger partial charge in [0.25, 0.3) is 0 Å². The first-order chi connectivity index (χ1) is 2.00. The molecule has 0 unspecified atom stereocenters. The minimum absolute atomic E-state index is 0. The van der Waals surface area contributed by atoms with Gasteiger partial charge in [-0.05, 0) is 0 Å². The lowest BCUT2D eigenvalue weighted by molar-refractivity contribution is -0.849. The molecule has 0 saturated heterocycles. The fourth-order valence-corrected chi connectivity index (χ4v) is 0. The number of nitrogens with zero attached hydrogens (tertiary/aromatic N) is 1. The van der Waals surface area contributed by atoms with E-state index in [1.165, 1.54) is 0 Å². The quantitative estimate of drug-likeness (QED) is 0.380. The molecule has 6 heavy (non-hydrogen) atoms. The van der Waals surface area contributed by atoms with Crippen molar-refractivity contribution in [3.8, 4) is 0 Å². The van der Waals surface area contributed by atoms with Crippen LogP contribution in [0.2, 0.25) is 0 Å². The summed E-state index contributed by atoms with van der Waals surface area (Å²) in [5.41, 5.74) is 0. The summed E-state index contributed by atoms with van der Waals surface area (Å²) < 4.78 is 1.00. The van der Waals surface area contributed by atoms with E-state index in [4.69, 9.17) is 0 Å². The second-order valence-electron chi connectivity index (χ2n) is 2.68. The topological polar surface area (TPSA) is 28.5 Å². The Hall–Kier alpha value is -0.0800. The predicted molar refractivity (Wildman–Crippen MR) is 24.6 cm³/mol. The Kier molecular flexibility index (Phi) is 3.35. The van der Waals surface area contributed by atoms with Gasteiger partial charge in [0.2, 0.25) is 0 Å². The Morgan fingerprint density at radius 2 is 0.833 bits per heavy atom. The van der Waals surface area contributed by atoms with Crippen LogP contribution in [-0.2, 0) is 5.48 Å². The van der Waals surface area contributed by atoms with E-state index in [1.54, 1.807) is 0 Å². The van der Waals surface area contributed by atoms with Crippen LogP contribution in [0.5, 0.6) is 0 Å². The Labute approximate surface area is 39.3 Å². The third kappa shape index (κ3) is 5220. The summed E-state index contributed by atoms with van der Waals surface area (Å²) in [5, 5.41) is 0. The van der Waals surface area contributed by atoms with Crippen molar-refractivity contribution in [2.45, 2.75) is 0 Å². The van der Waals surface area contributed by atoms with E-state index in [-0.39, 0.29) is 5.48 Å². The molecule has 2 heteroatoms. The highest BCUT2D eigenvalue weighted by molar-refractivity contribution is 3.87.